The molecule has 132 valence electrons. The van der Waals surface area contributed by atoms with Crippen molar-refractivity contribution in [3.8, 4) is 6.07 Å². The number of nitrogens with one attached hydrogen (secondary N) is 1. The van der Waals surface area contributed by atoms with Gasteiger partial charge in [-0.25, -0.2) is 0 Å². The Morgan fingerprint density at radius 2 is 2.00 bits per heavy atom. The second-order valence-electron chi connectivity index (χ2n) is 6.09. The Morgan fingerprint density at radius 3 is 2.62 bits per heavy atom. The van der Waals surface area contributed by atoms with Gasteiger partial charge in [-0.05, 0) is 42.8 Å². The number of pyridine rings is 1. The molecule has 2 amide bonds. The van der Waals surface area contributed by atoms with Crippen LogP contribution in [0, 0.1) is 11.3 Å². The van der Waals surface area contributed by atoms with Gasteiger partial charge in [0, 0.05) is 24.8 Å². The van der Waals surface area contributed by atoms with Crippen LogP contribution in [-0.2, 0) is 0 Å². The van der Waals surface area contributed by atoms with Gasteiger partial charge in [-0.2, -0.15) is 5.26 Å². The predicted molar refractivity (Wildman–Crippen MR) is 93.2 cm³/mol. The summed E-state index contributed by atoms with van der Waals surface area (Å²) >= 11 is 0. The van der Waals surface area contributed by atoms with Crippen molar-refractivity contribution in [2.45, 2.75) is 18.6 Å². The first-order valence-electron chi connectivity index (χ1n) is 8.28. The average molecular weight is 350 g/mol. The molecule has 0 spiro atoms. The third-order valence-corrected chi connectivity index (χ3v) is 4.35. The molecule has 1 aliphatic heterocycles. The zero-order valence-electron chi connectivity index (χ0n) is 14.0. The molecule has 1 aromatic carbocycles. The number of piperidine rings is 1. The molecule has 26 heavy (non-hydrogen) atoms. The average Bonchev–Trinajstić information content (AvgIpc) is 2.69. The first kappa shape index (κ1) is 17.6. The van der Waals surface area contributed by atoms with Gasteiger partial charge in [0.2, 0.25) is 0 Å². The maximum absolute atomic E-state index is 12.4. The fourth-order valence-electron chi connectivity index (χ4n) is 2.88. The second-order valence-corrected chi connectivity index (χ2v) is 6.09. The van der Waals surface area contributed by atoms with Gasteiger partial charge in [0.25, 0.3) is 11.8 Å². The summed E-state index contributed by atoms with van der Waals surface area (Å²) in [4.78, 5) is 30.3. The van der Waals surface area contributed by atoms with Gasteiger partial charge in [0.05, 0.1) is 23.8 Å². The smallest absolute Gasteiger partial charge is 0.272 e. The molecule has 1 saturated heterocycles. The molecule has 1 aliphatic rings. The summed E-state index contributed by atoms with van der Waals surface area (Å²) in [5, 5.41) is 21.9. The van der Waals surface area contributed by atoms with Crippen LogP contribution in [0.1, 0.15) is 32.8 Å². The van der Waals surface area contributed by atoms with Gasteiger partial charge in [-0.15, -0.1) is 0 Å². The number of aromatic nitrogens is 1. The molecule has 7 heteroatoms. The van der Waals surface area contributed by atoms with E-state index in [0.717, 1.165) is 0 Å². The fraction of sp³-hybridized carbons (Fsp3) is 0.263. The van der Waals surface area contributed by atoms with Crippen LogP contribution in [0.3, 0.4) is 0 Å². The van der Waals surface area contributed by atoms with Crippen molar-refractivity contribution in [3.63, 3.8) is 0 Å². The highest BCUT2D eigenvalue weighted by Gasteiger charge is 2.32. The minimum Gasteiger partial charge on any atom is -0.389 e. The van der Waals surface area contributed by atoms with E-state index in [2.05, 4.69) is 10.3 Å². The number of aliphatic hydroxyl groups is 1. The maximum Gasteiger partial charge on any atom is 0.272 e. The van der Waals surface area contributed by atoms with Gasteiger partial charge in [-0.1, -0.05) is 6.07 Å². The molecular formula is C19H18N4O3. The number of likely N-dealkylation sites (tertiary alicyclic amines) is 1. The molecule has 1 aromatic heterocycles. The number of nitriles is 1. The zero-order chi connectivity index (χ0) is 18.5. The van der Waals surface area contributed by atoms with Crippen molar-refractivity contribution in [2.75, 3.05) is 13.1 Å². The van der Waals surface area contributed by atoms with Gasteiger partial charge < -0.3 is 15.3 Å². The largest absolute Gasteiger partial charge is 0.389 e. The van der Waals surface area contributed by atoms with Crippen LogP contribution in [0.25, 0.3) is 0 Å². The zero-order valence-corrected chi connectivity index (χ0v) is 14.0. The molecule has 3 rings (SSSR count). The van der Waals surface area contributed by atoms with Crippen LogP contribution in [0.2, 0.25) is 0 Å². The normalized spacial score (nSPS) is 19.5. The van der Waals surface area contributed by atoms with E-state index in [4.69, 9.17) is 5.26 Å². The first-order valence-corrected chi connectivity index (χ1v) is 8.28. The van der Waals surface area contributed by atoms with Crippen LogP contribution < -0.4 is 5.32 Å². The lowest BCUT2D eigenvalue weighted by atomic mass is 10.0. The lowest BCUT2D eigenvalue weighted by molar-refractivity contribution is 0.0311. The Morgan fingerprint density at radius 1 is 1.23 bits per heavy atom. The molecule has 0 unspecified atom stereocenters. The Bertz CT molecular complexity index is 830. The minimum atomic E-state index is -0.862. The summed E-state index contributed by atoms with van der Waals surface area (Å²) < 4.78 is 0. The third-order valence-electron chi connectivity index (χ3n) is 4.35. The van der Waals surface area contributed by atoms with E-state index in [1.807, 2.05) is 6.07 Å². The van der Waals surface area contributed by atoms with Crippen LogP contribution in [-0.4, -0.2) is 52.0 Å². The molecule has 2 aromatic rings. The van der Waals surface area contributed by atoms with E-state index in [1.165, 1.54) is 4.90 Å². The standard InChI is InChI=1S/C19H18N4O3/c20-11-13-4-6-14(7-5-13)18(25)22-15-8-10-23(12-17(15)24)19(26)16-3-1-2-9-21-16/h1-7,9,15,17,24H,8,10,12H2,(H,22,25)/t15-,17-/m1/s1. The van der Waals surface area contributed by atoms with Crippen molar-refractivity contribution < 1.29 is 14.7 Å². The summed E-state index contributed by atoms with van der Waals surface area (Å²) in [6.45, 7) is 0.554. The SMILES string of the molecule is N#Cc1ccc(C(=O)N[C@@H]2CCN(C(=O)c3ccccn3)C[C@H]2O)cc1. The number of aliphatic hydroxyl groups excluding tert-OH is 1. The number of amides is 2. The quantitative estimate of drug-likeness (QED) is 0.857. The molecule has 0 saturated carbocycles. The molecule has 0 aliphatic carbocycles. The Hall–Kier alpha value is -3.24. The molecule has 2 N–H and O–H groups in total. The fourth-order valence-corrected chi connectivity index (χ4v) is 2.88. The summed E-state index contributed by atoms with van der Waals surface area (Å²) in [5.74, 6) is -0.551. The number of hydrogen-bond acceptors (Lipinski definition) is 5. The van der Waals surface area contributed by atoms with Crippen molar-refractivity contribution in [1.29, 1.82) is 5.26 Å². The number of nitrogens with zero attached hydrogens (tertiary/aromatic N) is 3. The Balaban J connectivity index is 1.59. The van der Waals surface area contributed by atoms with E-state index in [-0.39, 0.29) is 18.4 Å². The lowest BCUT2D eigenvalue weighted by Crippen LogP contribution is -2.55. The predicted octanol–water partition coefficient (Wildman–Crippen LogP) is 0.959. The van der Waals surface area contributed by atoms with E-state index in [0.29, 0.717) is 29.8 Å². The monoisotopic (exact) mass is 350 g/mol. The summed E-state index contributed by atoms with van der Waals surface area (Å²) in [6.07, 6.45) is 1.13. The highest BCUT2D eigenvalue weighted by Crippen LogP contribution is 2.15. The number of rotatable bonds is 3. The number of benzene rings is 1. The van der Waals surface area contributed by atoms with Crippen molar-refractivity contribution in [1.82, 2.24) is 15.2 Å². The van der Waals surface area contributed by atoms with Crippen LogP contribution in [0.4, 0.5) is 0 Å². The van der Waals surface area contributed by atoms with E-state index in [9.17, 15) is 14.7 Å². The van der Waals surface area contributed by atoms with Crippen LogP contribution in [0.5, 0.6) is 0 Å². The Labute approximate surface area is 150 Å². The van der Waals surface area contributed by atoms with Crippen LogP contribution >= 0.6 is 0 Å². The number of carbonyl (C=O) groups is 2. The van der Waals surface area contributed by atoms with Gasteiger partial charge >= 0.3 is 0 Å². The summed E-state index contributed by atoms with van der Waals surface area (Å²) in [5.41, 5.74) is 1.23. The highest BCUT2D eigenvalue weighted by atomic mass is 16.3. The summed E-state index contributed by atoms with van der Waals surface area (Å²) in [6, 6.07) is 12.9. The maximum atomic E-state index is 12.4. The lowest BCUT2D eigenvalue weighted by Gasteiger charge is -2.36. The molecule has 2 heterocycles. The molecule has 7 nitrogen and oxygen atoms in total. The molecule has 0 radical (unpaired) electrons. The molecule has 0 bridgehead atoms. The van der Waals surface area contributed by atoms with E-state index in [1.54, 1.807) is 48.7 Å². The van der Waals surface area contributed by atoms with Crippen molar-refractivity contribution >= 4 is 11.8 Å². The highest BCUT2D eigenvalue weighted by molar-refractivity contribution is 5.94. The molecular weight excluding hydrogens is 332 g/mol. The molecule has 1 fully saturated rings. The van der Waals surface area contributed by atoms with Gasteiger partial charge in [0.15, 0.2) is 0 Å². The minimum absolute atomic E-state index is 0.133. The number of β-amino-alcohol motifs (C(OH)–C–C–N with tert-alkyl or cyclic N) is 1. The topological polar surface area (TPSA) is 106 Å². The Kier molecular flexibility index (Phi) is 5.25. The van der Waals surface area contributed by atoms with E-state index >= 15 is 0 Å². The van der Waals surface area contributed by atoms with Crippen LogP contribution in [0.15, 0.2) is 48.7 Å². The third kappa shape index (κ3) is 3.87. The molecule has 2 atom stereocenters. The van der Waals surface area contributed by atoms with Crippen molar-refractivity contribution in [2.24, 2.45) is 0 Å². The first-order chi connectivity index (χ1) is 12.6. The van der Waals surface area contributed by atoms with Gasteiger partial charge in [0.1, 0.15) is 5.69 Å². The van der Waals surface area contributed by atoms with Crippen molar-refractivity contribution in [3.05, 3.63) is 65.5 Å². The number of carbonyl (C=O) groups excluding carboxylic acids is 2. The van der Waals surface area contributed by atoms with E-state index < -0.39 is 12.1 Å². The van der Waals surface area contributed by atoms with Gasteiger partial charge in [-0.3, -0.25) is 14.6 Å². The second kappa shape index (κ2) is 7.76. The summed E-state index contributed by atoms with van der Waals surface area (Å²) in [7, 11) is 0. The number of hydrogen-bond donors (Lipinski definition) is 2.